The number of hydrogen-bond donors (Lipinski definition) is 1. The molecule has 2 aliphatic carbocycles. The standard InChI is InChI=1S/C10H13NS/c11-8-5-7(8)10-4-6-2-1-3-9(6)12-10/h4,7-8H,1-3,5,11H2/t7-,8-/m1/s1. The quantitative estimate of drug-likeness (QED) is 0.701. The van der Waals surface area contributed by atoms with Gasteiger partial charge in [0.25, 0.3) is 0 Å². The Morgan fingerprint density at radius 2 is 2.25 bits per heavy atom. The van der Waals surface area contributed by atoms with Gasteiger partial charge < -0.3 is 5.73 Å². The molecule has 0 unspecified atom stereocenters. The molecule has 1 fully saturated rings. The zero-order valence-electron chi connectivity index (χ0n) is 7.05. The summed E-state index contributed by atoms with van der Waals surface area (Å²) in [6.45, 7) is 0. The fourth-order valence-electron chi connectivity index (χ4n) is 2.08. The molecule has 1 aromatic heterocycles. The summed E-state index contributed by atoms with van der Waals surface area (Å²) in [5.74, 6) is 0.723. The van der Waals surface area contributed by atoms with Crippen molar-refractivity contribution < 1.29 is 0 Å². The average molecular weight is 179 g/mol. The van der Waals surface area contributed by atoms with Crippen molar-refractivity contribution in [1.29, 1.82) is 0 Å². The first kappa shape index (κ1) is 7.10. The summed E-state index contributed by atoms with van der Waals surface area (Å²) >= 11 is 2.02. The van der Waals surface area contributed by atoms with Gasteiger partial charge in [-0.15, -0.1) is 11.3 Å². The second-order valence-corrected chi connectivity index (χ2v) is 5.13. The van der Waals surface area contributed by atoms with Crippen molar-refractivity contribution >= 4 is 11.3 Å². The van der Waals surface area contributed by atoms with Crippen molar-refractivity contribution in [2.75, 3.05) is 0 Å². The number of nitrogens with two attached hydrogens (primary N) is 1. The lowest BCUT2D eigenvalue weighted by atomic mass is 10.2. The Kier molecular flexibility index (Phi) is 1.38. The molecule has 1 saturated carbocycles. The smallest absolute Gasteiger partial charge is 0.0123 e. The Labute approximate surface area is 76.6 Å². The van der Waals surface area contributed by atoms with Crippen LogP contribution in [0.3, 0.4) is 0 Å². The van der Waals surface area contributed by atoms with Crippen LogP contribution in [-0.2, 0) is 12.8 Å². The van der Waals surface area contributed by atoms with Gasteiger partial charge in [-0.3, -0.25) is 0 Å². The predicted octanol–water partition coefficient (Wildman–Crippen LogP) is 2.05. The second-order valence-electron chi connectivity index (χ2n) is 3.96. The maximum atomic E-state index is 5.82. The van der Waals surface area contributed by atoms with Gasteiger partial charge >= 0.3 is 0 Å². The monoisotopic (exact) mass is 179 g/mol. The Morgan fingerprint density at radius 1 is 1.42 bits per heavy atom. The van der Waals surface area contributed by atoms with E-state index < -0.39 is 0 Å². The Morgan fingerprint density at radius 3 is 2.92 bits per heavy atom. The largest absolute Gasteiger partial charge is 0.327 e. The summed E-state index contributed by atoms with van der Waals surface area (Å²) in [4.78, 5) is 3.20. The third-order valence-electron chi connectivity index (χ3n) is 2.97. The van der Waals surface area contributed by atoms with Gasteiger partial charge in [-0.05, 0) is 37.3 Å². The van der Waals surface area contributed by atoms with Crippen molar-refractivity contribution in [2.24, 2.45) is 5.73 Å². The second kappa shape index (κ2) is 2.33. The molecule has 0 amide bonds. The molecule has 2 aliphatic rings. The van der Waals surface area contributed by atoms with Crippen molar-refractivity contribution in [1.82, 2.24) is 0 Å². The molecule has 12 heavy (non-hydrogen) atoms. The minimum absolute atomic E-state index is 0.476. The van der Waals surface area contributed by atoms with Crippen molar-refractivity contribution in [3.8, 4) is 0 Å². The van der Waals surface area contributed by atoms with Crippen molar-refractivity contribution in [3.05, 3.63) is 21.4 Å². The normalized spacial score (nSPS) is 32.1. The highest BCUT2D eigenvalue weighted by atomic mass is 32.1. The molecule has 3 rings (SSSR count). The highest BCUT2D eigenvalue weighted by Crippen LogP contribution is 2.45. The zero-order valence-corrected chi connectivity index (χ0v) is 7.86. The molecular weight excluding hydrogens is 166 g/mol. The van der Waals surface area contributed by atoms with Gasteiger partial charge in [-0.1, -0.05) is 0 Å². The molecule has 0 aliphatic heterocycles. The summed E-state index contributed by atoms with van der Waals surface area (Å²) in [6, 6.07) is 2.88. The first-order chi connectivity index (χ1) is 5.84. The molecular formula is C10H13NS. The number of thiophene rings is 1. The fourth-order valence-corrected chi connectivity index (χ4v) is 3.52. The molecule has 2 atom stereocenters. The Bertz CT molecular complexity index is 294. The topological polar surface area (TPSA) is 26.0 Å². The molecule has 1 heterocycles. The fraction of sp³-hybridized carbons (Fsp3) is 0.600. The summed E-state index contributed by atoms with van der Waals surface area (Å²) in [5, 5.41) is 0. The molecule has 0 saturated heterocycles. The third-order valence-corrected chi connectivity index (χ3v) is 4.34. The van der Waals surface area contributed by atoms with E-state index in [2.05, 4.69) is 6.07 Å². The van der Waals surface area contributed by atoms with E-state index in [4.69, 9.17) is 5.73 Å². The molecule has 0 spiro atoms. The third kappa shape index (κ3) is 0.947. The Hall–Kier alpha value is -0.340. The van der Waals surface area contributed by atoms with Crippen molar-refractivity contribution in [2.45, 2.75) is 37.6 Å². The first-order valence-electron chi connectivity index (χ1n) is 4.71. The van der Waals surface area contributed by atoms with E-state index in [1.165, 1.54) is 25.7 Å². The zero-order chi connectivity index (χ0) is 8.13. The first-order valence-corrected chi connectivity index (χ1v) is 5.53. The molecule has 0 radical (unpaired) electrons. The summed E-state index contributed by atoms with van der Waals surface area (Å²) in [6.07, 6.45) is 5.23. The summed E-state index contributed by atoms with van der Waals surface area (Å²) < 4.78 is 0. The van der Waals surface area contributed by atoms with Crippen LogP contribution in [0, 0.1) is 0 Å². The maximum absolute atomic E-state index is 5.82. The molecule has 0 bridgehead atoms. The van der Waals surface area contributed by atoms with Gasteiger partial charge in [0, 0.05) is 21.7 Å². The Balaban J connectivity index is 1.94. The van der Waals surface area contributed by atoms with E-state index in [0.717, 1.165) is 5.92 Å². The van der Waals surface area contributed by atoms with Gasteiger partial charge in [0.05, 0.1) is 0 Å². The number of fused-ring (bicyclic) bond motifs is 1. The predicted molar refractivity (Wildman–Crippen MR) is 51.7 cm³/mol. The van der Waals surface area contributed by atoms with Crippen LogP contribution >= 0.6 is 11.3 Å². The lowest BCUT2D eigenvalue weighted by molar-refractivity contribution is 0.912. The molecule has 2 heteroatoms. The van der Waals surface area contributed by atoms with Crippen LogP contribution in [-0.4, -0.2) is 6.04 Å². The van der Waals surface area contributed by atoms with Crippen molar-refractivity contribution in [3.63, 3.8) is 0 Å². The molecule has 2 N–H and O–H groups in total. The molecule has 1 aromatic rings. The number of aryl methyl sites for hydroxylation is 2. The highest BCUT2D eigenvalue weighted by Gasteiger charge is 2.36. The lowest BCUT2D eigenvalue weighted by Crippen LogP contribution is -1.99. The minimum atomic E-state index is 0.476. The molecule has 0 aromatic carbocycles. The summed E-state index contributed by atoms with van der Waals surface area (Å²) in [7, 11) is 0. The van der Waals surface area contributed by atoms with E-state index in [0.29, 0.717) is 6.04 Å². The van der Waals surface area contributed by atoms with Crippen LogP contribution in [0.4, 0.5) is 0 Å². The van der Waals surface area contributed by atoms with Crippen LogP contribution < -0.4 is 5.73 Å². The SMILES string of the molecule is N[C@@H]1C[C@H]1c1cc2c(s1)CCC2. The van der Waals surface area contributed by atoms with Crippen LogP contribution in [0.2, 0.25) is 0 Å². The van der Waals surface area contributed by atoms with E-state index in [9.17, 15) is 0 Å². The van der Waals surface area contributed by atoms with Gasteiger partial charge in [0.1, 0.15) is 0 Å². The molecule has 1 nitrogen and oxygen atoms in total. The lowest BCUT2D eigenvalue weighted by Gasteiger charge is -1.90. The minimum Gasteiger partial charge on any atom is -0.327 e. The van der Waals surface area contributed by atoms with E-state index in [1.54, 1.807) is 15.3 Å². The maximum Gasteiger partial charge on any atom is 0.0123 e. The van der Waals surface area contributed by atoms with Gasteiger partial charge in [0.2, 0.25) is 0 Å². The highest BCUT2D eigenvalue weighted by molar-refractivity contribution is 7.12. The average Bonchev–Trinajstić information content (AvgIpc) is 2.45. The summed E-state index contributed by atoms with van der Waals surface area (Å²) in [5.41, 5.74) is 7.44. The van der Waals surface area contributed by atoms with E-state index in [-0.39, 0.29) is 0 Å². The van der Waals surface area contributed by atoms with Gasteiger partial charge in [-0.2, -0.15) is 0 Å². The van der Waals surface area contributed by atoms with Crippen LogP contribution in [0.1, 0.15) is 34.1 Å². The van der Waals surface area contributed by atoms with Gasteiger partial charge in [0.15, 0.2) is 0 Å². The molecule has 64 valence electrons. The number of hydrogen-bond acceptors (Lipinski definition) is 2. The van der Waals surface area contributed by atoms with Crippen LogP contribution in [0.25, 0.3) is 0 Å². The van der Waals surface area contributed by atoms with Gasteiger partial charge in [-0.25, -0.2) is 0 Å². The van der Waals surface area contributed by atoms with Crippen LogP contribution in [0.15, 0.2) is 6.07 Å². The van der Waals surface area contributed by atoms with E-state index >= 15 is 0 Å². The number of rotatable bonds is 1. The van der Waals surface area contributed by atoms with Crippen LogP contribution in [0.5, 0.6) is 0 Å². The van der Waals surface area contributed by atoms with E-state index in [1.807, 2.05) is 11.3 Å².